The molecule has 0 aromatic rings. The van der Waals surface area contributed by atoms with Crippen molar-refractivity contribution >= 4 is 5.97 Å². The van der Waals surface area contributed by atoms with Gasteiger partial charge in [-0.3, -0.25) is 4.79 Å². The molecule has 0 aromatic carbocycles. The second-order valence-electron chi connectivity index (χ2n) is 6.74. The number of hydrogen-bond donors (Lipinski definition) is 0. The van der Waals surface area contributed by atoms with Gasteiger partial charge in [0.25, 0.3) is 0 Å². The van der Waals surface area contributed by atoms with Gasteiger partial charge in [0, 0.05) is 12.3 Å². The van der Waals surface area contributed by atoms with Crippen molar-refractivity contribution in [3.05, 3.63) is 11.8 Å². The largest absolute Gasteiger partial charge is 0.460 e. The predicted molar refractivity (Wildman–Crippen MR) is 86.3 cm³/mol. The van der Waals surface area contributed by atoms with Crippen LogP contribution in [0.1, 0.15) is 40.0 Å². The van der Waals surface area contributed by atoms with Crippen molar-refractivity contribution in [2.75, 3.05) is 6.61 Å². The highest BCUT2D eigenvalue weighted by Gasteiger charge is 2.63. The van der Waals surface area contributed by atoms with Crippen LogP contribution in [0, 0.1) is 29.8 Å². The fraction of sp³-hybridized carbons (Fsp3) is 0.632. The molecule has 128 valence electrons. The molecule has 0 bridgehead atoms. The molecule has 0 radical (unpaired) electrons. The fourth-order valence-electron chi connectivity index (χ4n) is 3.15. The first-order valence-electron chi connectivity index (χ1n) is 8.34. The number of carbonyl (C=O) groups is 1. The number of fused-ring (bicyclic) bond motifs is 2. The molecule has 1 unspecified atom stereocenters. The number of epoxide rings is 1. The highest BCUT2D eigenvalue weighted by Crippen LogP contribution is 2.51. The minimum atomic E-state index is -0.473. The number of hydrogen-bond acceptors (Lipinski definition) is 5. The highest BCUT2D eigenvalue weighted by molar-refractivity contribution is 5.69. The lowest BCUT2D eigenvalue weighted by molar-refractivity contribution is -0.166. The lowest BCUT2D eigenvalue weighted by Crippen LogP contribution is -2.44. The van der Waals surface area contributed by atoms with Gasteiger partial charge in [0.05, 0.1) is 6.61 Å². The van der Waals surface area contributed by atoms with E-state index >= 15 is 0 Å². The summed E-state index contributed by atoms with van der Waals surface area (Å²) in [7, 11) is 0. The third-order valence-corrected chi connectivity index (χ3v) is 4.32. The molecule has 3 aliphatic rings. The first-order chi connectivity index (χ1) is 11.5. The first kappa shape index (κ1) is 16.9. The van der Waals surface area contributed by atoms with Gasteiger partial charge in [-0.2, -0.15) is 0 Å². The molecule has 2 aliphatic heterocycles. The van der Waals surface area contributed by atoms with E-state index in [1.165, 1.54) is 0 Å². The van der Waals surface area contributed by atoms with E-state index in [0.29, 0.717) is 24.7 Å². The predicted octanol–water partition coefficient (Wildman–Crippen LogP) is 2.16. The molecule has 2 fully saturated rings. The van der Waals surface area contributed by atoms with Gasteiger partial charge in [-0.1, -0.05) is 19.8 Å². The van der Waals surface area contributed by atoms with Crippen molar-refractivity contribution < 1.29 is 23.7 Å². The van der Waals surface area contributed by atoms with Crippen LogP contribution in [0.5, 0.6) is 0 Å². The van der Waals surface area contributed by atoms with E-state index in [1.54, 1.807) is 6.92 Å². The van der Waals surface area contributed by atoms with Gasteiger partial charge >= 0.3 is 5.97 Å². The summed E-state index contributed by atoms with van der Waals surface area (Å²) in [5, 5.41) is 0. The summed E-state index contributed by atoms with van der Waals surface area (Å²) in [6.45, 7) is 6.10. The van der Waals surface area contributed by atoms with Gasteiger partial charge in [0.15, 0.2) is 0 Å². The summed E-state index contributed by atoms with van der Waals surface area (Å²) in [6.07, 6.45) is 6.19. The standard InChI is InChI=1S/C19H22O5/c1-4-5-6-9-21-15-11-19(18-17(15)24-18)8-7-14(12-22-19)23-16(20)10-13(2)3/h11,13-14,17-18H,7-8,10,12H2,1-3H3/t14?,17-,18-,19-/m1/s1. The Morgan fingerprint density at radius 3 is 2.96 bits per heavy atom. The van der Waals surface area contributed by atoms with Crippen LogP contribution in [0.2, 0.25) is 0 Å². The molecule has 0 saturated carbocycles. The zero-order valence-corrected chi connectivity index (χ0v) is 14.3. The van der Waals surface area contributed by atoms with Gasteiger partial charge in [-0.05, 0) is 37.7 Å². The Hall–Kier alpha value is -1.95. The Bertz CT molecular complexity index is 647. The van der Waals surface area contributed by atoms with Crippen LogP contribution < -0.4 is 0 Å². The zero-order valence-electron chi connectivity index (χ0n) is 14.3. The monoisotopic (exact) mass is 330 g/mol. The van der Waals surface area contributed by atoms with Crippen molar-refractivity contribution in [1.29, 1.82) is 0 Å². The summed E-state index contributed by atoms with van der Waals surface area (Å²) >= 11 is 0. The van der Waals surface area contributed by atoms with Crippen LogP contribution >= 0.6 is 0 Å². The Labute approximate surface area is 142 Å². The van der Waals surface area contributed by atoms with Crippen LogP contribution in [0.4, 0.5) is 0 Å². The Morgan fingerprint density at radius 2 is 2.29 bits per heavy atom. The molecule has 0 amide bonds. The quantitative estimate of drug-likeness (QED) is 0.449. The van der Waals surface area contributed by atoms with E-state index in [9.17, 15) is 4.79 Å². The number of esters is 1. The summed E-state index contributed by atoms with van der Waals surface area (Å²) in [6, 6.07) is 0. The maximum absolute atomic E-state index is 11.8. The zero-order chi connectivity index (χ0) is 17.2. The van der Waals surface area contributed by atoms with Crippen molar-refractivity contribution in [1.82, 2.24) is 0 Å². The molecule has 1 aliphatic carbocycles. The third-order valence-electron chi connectivity index (χ3n) is 4.32. The van der Waals surface area contributed by atoms with E-state index in [-0.39, 0.29) is 24.3 Å². The summed E-state index contributed by atoms with van der Waals surface area (Å²) in [4.78, 5) is 11.8. The molecule has 3 rings (SSSR count). The molecular formula is C19H22O5. The fourth-order valence-corrected chi connectivity index (χ4v) is 3.15. The van der Waals surface area contributed by atoms with Crippen molar-refractivity contribution in [2.45, 2.75) is 63.9 Å². The molecule has 0 aromatic heterocycles. The van der Waals surface area contributed by atoms with Gasteiger partial charge < -0.3 is 18.9 Å². The molecule has 1 spiro atoms. The van der Waals surface area contributed by atoms with Crippen molar-refractivity contribution in [2.24, 2.45) is 5.92 Å². The summed E-state index contributed by atoms with van der Waals surface area (Å²) in [5.74, 6) is 8.75. The van der Waals surface area contributed by atoms with Gasteiger partial charge in [-0.25, -0.2) is 0 Å². The second kappa shape index (κ2) is 6.89. The SMILES string of the molecule is CC#CC#COC1=C[C@]2(CCC(OC(=O)CC(C)C)CO2)[C@@H]2O[C@H]12. The molecule has 2 heterocycles. The Morgan fingerprint density at radius 1 is 1.46 bits per heavy atom. The molecule has 5 heteroatoms. The van der Waals surface area contributed by atoms with Gasteiger partial charge in [0.2, 0.25) is 0 Å². The Balaban J connectivity index is 1.54. The van der Waals surface area contributed by atoms with E-state index in [1.807, 2.05) is 19.9 Å². The molecule has 5 nitrogen and oxygen atoms in total. The van der Waals surface area contributed by atoms with Gasteiger partial charge in [-0.15, -0.1) is 0 Å². The highest BCUT2D eigenvalue weighted by atomic mass is 16.7. The number of carbonyl (C=O) groups excluding carboxylic acids is 1. The minimum Gasteiger partial charge on any atom is -0.460 e. The molecular weight excluding hydrogens is 308 g/mol. The lowest BCUT2D eigenvalue weighted by atomic mass is 9.91. The second-order valence-corrected chi connectivity index (χ2v) is 6.74. The van der Waals surface area contributed by atoms with E-state index < -0.39 is 5.60 Å². The normalized spacial score (nSPS) is 32.8. The number of rotatable bonds is 4. The topological polar surface area (TPSA) is 57.3 Å². The van der Waals surface area contributed by atoms with E-state index in [4.69, 9.17) is 18.9 Å². The molecule has 0 N–H and O–H groups in total. The maximum Gasteiger partial charge on any atom is 0.306 e. The molecule has 24 heavy (non-hydrogen) atoms. The molecule has 2 saturated heterocycles. The van der Waals surface area contributed by atoms with Crippen molar-refractivity contribution in [3.8, 4) is 23.9 Å². The average molecular weight is 330 g/mol. The van der Waals surface area contributed by atoms with Crippen LogP contribution in [0.25, 0.3) is 0 Å². The smallest absolute Gasteiger partial charge is 0.306 e. The lowest BCUT2D eigenvalue weighted by Gasteiger charge is -2.35. The van der Waals surface area contributed by atoms with Crippen molar-refractivity contribution in [3.63, 3.8) is 0 Å². The van der Waals surface area contributed by atoms with Crippen LogP contribution in [0.3, 0.4) is 0 Å². The van der Waals surface area contributed by atoms with Crippen LogP contribution in [-0.4, -0.2) is 36.5 Å². The first-order valence-corrected chi connectivity index (χ1v) is 8.34. The summed E-state index contributed by atoms with van der Waals surface area (Å²) in [5.41, 5.74) is -0.473. The van der Waals surface area contributed by atoms with Crippen LogP contribution in [0.15, 0.2) is 11.8 Å². The average Bonchev–Trinajstić information content (AvgIpc) is 3.28. The van der Waals surface area contributed by atoms with E-state index in [2.05, 4.69) is 23.9 Å². The summed E-state index contributed by atoms with van der Waals surface area (Å²) < 4.78 is 22.6. The van der Waals surface area contributed by atoms with Crippen LogP contribution in [-0.2, 0) is 23.7 Å². The molecule has 4 atom stereocenters. The Kier molecular flexibility index (Phi) is 4.85. The van der Waals surface area contributed by atoms with Gasteiger partial charge in [0.1, 0.15) is 35.8 Å². The third kappa shape index (κ3) is 3.59. The number of ether oxygens (including phenoxy) is 4. The van der Waals surface area contributed by atoms with E-state index in [0.717, 1.165) is 12.8 Å². The maximum atomic E-state index is 11.8. The minimum absolute atomic E-state index is 0.0149.